The molecular weight excluding hydrogens is 398 g/mol. The molecule has 0 aromatic heterocycles. The van der Waals surface area contributed by atoms with E-state index >= 15 is 0 Å². The molecule has 0 spiro atoms. The van der Waals surface area contributed by atoms with Crippen LogP contribution in [0.1, 0.15) is 71.2 Å². The van der Waals surface area contributed by atoms with Crippen LogP contribution in [0.5, 0.6) is 0 Å². The van der Waals surface area contributed by atoms with Crippen LogP contribution in [0, 0.1) is 0 Å². The van der Waals surface area contributed by atoms with Gasteiger partial charge in [-0.2, -0.15) is 8.42 Å². The monoisotopic (exact) mass is 447 g/mol. The second kappa shape index (κ2) is 22.6. The Labute approximate surface area is 181 Å². The number of nitrogens with zero attached hydrogens (tertiary/aromatic N) is 3. The molecule has 0 fully saturated rings. The van der Waals surface area contributed by atoms with Gasteiger partial charge in [-0.3, -0.25) is 18.9 Å². The number of hydrogen-bond donors (Lipinski definition) is 1. The molecule has 0 rings (SSSR count). The van der Waals surface area contributed by atoms with E-state index in [2.05, 4.69) is 0 Å². The highest BCUT2D eigenvalue weighted by molar-refractivity contribution is 7.85. The highest BCUT2D eigenvalue weighted by Gasteiger charge is 2.10. The van der Waals surface area contributed by atoms with Crippen molar-refractivity contribution in [3.05, 3.63) is 0 Å². The summed E-state index contributed by atoms with van der Waals surface area (Å²) >= 11 is 0. The molecule has 29 heavy (non-hydrogen) atoms. The van der Waals surface area contributed by atoms with Crippen LogP contribution in [0.4, 0.5) is 0 Å². The average molecular weight is 448 g/mol. The first-order valence-corrected chi connectivity index (χ1v) is 9.29. The summed E-state index contributed by atoms with van der Waals surface area (Å²) in [7, 11) is 0.803. The third-order valence-electron chi connectivity index (χ3n) is 3.18. The second-order valence-electron chi connectivity index (χ2n) is 5.68. The molecule has 0 aromatic rings. The van der Waals surface area contributed by atoms with Crippen LogP contribution in [-0.2, 0) is 24.5 Å². The fourth-order valence-electron chi connectivity index (χ4n) is 0.922. The molecule has 0 atom stereocenters. The van der Waals surface area contributed by atoms with Gasteiger partial charge in [-0.05, 0) is 20.8 Å². The predicted octanol–water partition coefficient (Wildman–Crippen LogP) is 3.21. The first-order chi connectivity index (χ1) is 11.1. The smallest absolute Gasteiger partial charge is 0.283 e. The maximum absolute atomic E-state index is 10.5. The van der Waals surface area contributed by atoms with Crippen molar-refractivity contribution in [3.63, 3.8) is 0 Å². The molecule has 0 radical (unpaired) electrons. The zero-order valence-electron chi connectivity index (χ0n) is 16.7. The fraction of sp³-hybridized carbons (Fsp3) is 0.842. The lowest BCUT2D eigenvalue weighted by Gasteiger charge is -2.18. The summed E-state index contributed by atoms with van der Waals surface area (Å²) in [4.78, 5) is 35.4. The van der Waals surface area contributed by atoms with E-state index in [1.165, 1.54) is 14.0 Å². The number of carbonyl (C=O) groups excluding carboxylic acids is 3. The van der Waals surface area contributed by atoms with E-state index in [1.807, 2.05) is 20.8 Å². The largest absolute Gasteiger partial charge is 0.346 e. The minimum atomic E-state index is -4.06. The van der Waals surface area contributed by atoms with Crippen molar-refractivity contribution in [2.75, 3.05) is 33.6 Å². The van der Waals surface area contributed by atoms with Crippen molar-refractivity contribution in [2.45, 2.75) is 77.3 Å². The molecule has 0 heterocycles. The topological polar surface area (TPSA) is 115 Å². The Kier molecular flexibility index (Phi) is 35.7. The molecule has 0 aliphatic heterocycles. The van der Waals surface area contributed by atoms with Gasteiger partial charge in [0.05, 0.1) is 0 Å². The minimum Gasteiger partial charge on any atom is -0.346 e. The Morgan fingerprint density at radius 3 is 1.14 bits per heavy atom. The highest BCUT2D eigenvalue weighted by Crippen LogP contribution is 1.91. The molecule has 182 valence electrons. The van der Waals surface area contributed by atoms with Crippen LogP contribution in [0.3, 0.4) is 0 Å². The van der Waals surface area contributed by atoms with Crippen LogP contribution in [0.15, 0.2) is 0 Å². The highest BCUT2D eigenvalue weighted by atomic mass is 32.2. The second-order valence-corrected chi connectivity index (χ2v) is 7.11. The van der Waals surface area contributed by atoms with Crippen molar-refractivity contribution >= 4 is 27.8 Å². The molecule has 0 unspecified atom stereocenters. The molecule has 3 amide bonds. The SMILES string of the molecule is C.C.C.C.CC(=O)N(C)C(C)C.CC(=O)N(C)CS(=O)(=O)O.CCN(C)C(C)=O. The summed E-state index contributed by atoms with van der Waals surface area (Å²) in [6.07, 6.45) is 0. The van der Waals surface area contributed by atoms with E-state index in [-0.39, 0.29) is 41.5 Å². The Bertz CT molecular complexity index is 522. The number of hydrogen-bond acceptors (Lipinski definition) is 5. The van der Waals surface area contributed by atoms with Crippen molar-refractivity contribution in [1.82, 2.24) is 14.7 Å². The zero-order valence-corrected chi connectivity index (χ0v) is 17.5. The summed E-state index contributed by atoms with van der Waals surface area (Å²) in [5, 5.41) is 0. The molecule has 9 nitrogen and oxygen atoms in total. The van der Waals surface area contributed by atoms with Gasteiger partial charge in [-0.25, -0.2) is 0 Å². The van der Waals surface area contributed by atoms with Crippen LogP contribution >= 0.6 is 0 Å². The van der Waals surface area contributed by atoms with Gasteiger partial charge in [-0.15, -0.1) is 0 Å². The van der Waals surface area contributed by atoms with E-state index < -0.39 is 21.9 Å². The number of amides is 3. The Hall–Kier alpha value is -1.68. The third kappa shape index (κ3) is 34.2. The quantitative estimate of drug-likeness (QED) is 0.662. The summed E-state index contributed by atoms with van der Waals surface area (Å²) in [6.45, 7) is 11.1. The average Bonchev–Trinajstić information content (AvgIpc) is 2.44. The van der Waals surface area contributed by atoms with E-state index in [0.717, 1.165) is 11.4 Å². The number of rotatable bonds is 4. The summed E-state index contributed by atoms with van der Waals surface area (Å²) in [5.74, 6) is -0.803. The third-order valence-corrected chi connectivity index (χ3v) is 3.89. The van der Waals surface area contributed by atoms with Crippen molar-refractivity contribution < 1.29 is 27.4 Å². The zero-order chi connectivity index (χ0) is 21.0. The first-order valence-electron chi connectivity index (χ1n) is 7.68. The van der Waals surface area contributed by atoms with E-state index in [9.17, 15) is 22.8 Å². The molecule has 0 aliphatic carbocycles. The lowest BCUT2D eigenvalue weighted by Crippen LogP contribution is -2.30. The van der Waals surface area contributed by atoms with Gasteiger partial charge in [0.2, 0.25) is 17.7 Å². The fourth-order valence-corrected chi connectivity index (χ4v) is 1.59. The van der Waals surface area contributed by atoms with Gasteiger partial charge in [0, 0.05) is 54.5 Å². The summed E-state index contributed by atoms with van der Waals surface area (Å²) in [5.41, 5.74) is 0. The van der Waals surface area contributed by atoms with Gasteiger partial charge in [-0.1, -0.05) is 29.7 Å². The van der Waals surface area contributed by atoms with E-state index in [0.29, 0.717) is 6.04 Å². The van der Waals surface area contributed by atoms with Crippen molar-refractivity contribution in [3.8, 4) is 0 Å². The van der Waals surface area contributed by atoms with Gasteiger partial charge >= 0.3 is 0 Å². The molecule has 0 aromatic carbocycles. The van der Waals surface area contributed by atoms with Crippen LogP contribution < -0.4 is 0 Å². The molecule has 0 saturated carbocycles. The van der Waals surface area contributed by atoms with E-state index in [4.69, 9.17) is 4.55 Å². The Morgan fingerprint density at radius 1 is 0.793 bits per heavy atom. The minimum absolute atomic E-state index is 0. The molecule has 10 heteroatoms. The maximum atomic E-state index is 10.5. The van der Waals surface area contributed by atoms with Gasteiger partial charge in [0.1, 0.15) is 5.88 Å². The lowest BCUT2D eigenvalue weighted by molar-refractivity contribution is -0.129. The van der Waals surface area contributed by atoms with Gasteiger partial charge in [0.25, 0.3) is 10.1 Å². The lowest BCUT2D eigenvalue weighted by atomic mass is 10.3. The van der Waals surface area contributed by atoms with Crippen LogP contribution in [0.2, 0.25) is 0 Å². The normalized spacial score (nSPS) is 8.52. The number of carbonyl (C=O) groups is 3. The van der Waals surface area contributed by atoms with Crippen LogP contribution in [-0.4, -0.2) is 85.0 Å². The van der Waals surface area contributed by atoms with E-state index in [1.54, 1.807) is 37.7 Å². The Morgan fingerprint density at radius 2 is 1.10 bits per heavy atom. The summed E-state index contributed by atoms with van der Waals surface area (Å²) < 4.78 is 28.4. The van der Waals surface area contributed by atoms with Crippen LogP contribution in [0.25, 0.3) is 0 Å². The standard InChI is InChI=1S/C6H13NO.C5H11NO.C4H9NO4S.4CH4/c1-5(2)7(4)6(3)8;1-4-6(3)5(2)7;1-4(6)5(2)3-10(7,8)9;;;;/h5H,1-4H3;4H2,1-3H3;3H2,1-2H3,(H,7,8,9);4*1H4. The molecule has 0 bridgehead atoms. The Balaban J connectivity index is -0.0000000475. The van der Waals surface area contributed by atoms with Gasteiger partial charge < -0.3 is 14.7 Å². The molecule has 0 saturated heterocycles. The van der Waals surface area contributed by atoms with Crippen molar-refractivity contribution in [1.29, 1.82) is 0 Å². The van der Waals surface area contributed by atoms with Crippen molar-refractivity contribution in [2.24, 2.45) is 0 Å². The maximum Gasteiger partial charge on any atom is 0.283 e. The first kappa shape index (κ1) is 45.8. The van der Waals surface area contributed by atoms with Gasteiger partial charge in [0.15, 0.2) is 0 Å². The summed E-state index contributed by atoms with van der Waals surface area (Å²) in [6, 6.07) is 0.326. The predicted molar refractivity (Wildman–Crippen MR) is 124 cm³/mol. The molecular formula is C19H49N3O6S. The molecule has 0 aliphatic rings. The molecule has 1 N–H and O–H groups in total.